The zero-order chi connectivity index (χ0) is 11.4. The molecule has 0 spiro atoms. The van der Waals surface area contributed by atoms with Crippen LogP contribution in [0.1, 0.15) is 25.8 Å². The van der Waals surface area contributed by atoms with Crippen molar-refractivity contribution in [1.29, 1.82) is 5.41 Å². The van der Waals surface area contributed by atoms with Crippen molar-refractivity contribution < 1.29 is 4.74 Å². The summed E-state index contributed by atoms with van der Waals surface area (Å²) >= 11 is 6.00. The lowest BCUT2D eigenvalue weighted by Crippen LogP contribution is -2.15. The zero-order valence-corrected chi connectivity index (χ0v) is 9.51. The summed E-state index contributed by atoms with van der Waals surface area (Å²) in [6.45, 7) is 3.94. The Morgan fingerprint density at radius 3 is 2.93 bits per heavy atom. The van der Waals surface area contributed by atoms with Crippen molar-refractivity contribution in [3.05, 3.63) is 22.8 Å². The second kappa shape index (κ2) is 4.98. The van der Waals surface area contributed by atoms with E-state index in [0.29, 0.717) is 16.5 Å². The number of rotatable bonds is 4. The van der Waals surface area contributed by atoms with Gasteiger partial charge < -0.3 is 10.5 Å². The number of nitrogens with zero attached hydrogens (tertiary/aromatic N) is 1. The molecule has 0 bridgehead atoms. The van der Waals surface area contributed by atoms with Crippen LogP contribution in [0.2, 0.25) is 5.02 Å². The van der Waals surface area contributed by atoms with E-state index in [2.05, 4.69) is 4.98 Å². The molecule has 0 aliphatic heterocycles. The fourth-order valence-corrected chi connectivity index (χ4v) is 1.25. The van der Waals surface area contributed by atoms with Gasteiger partial charge in [0.1, 0.15) is 10.9 Å². The third-order valence-electron chi connectivity index (χ3n) is 2.04. The van der Waals surface area contributed by atoms with Gasteiger partial charge in [0.2, 0.25) is 5.88 Å². The fraction of sp³-hybridized carbons (Fsp3) is 0.400. The first kappa shape index (κ1) is 11.8. The first-order valence-electron chi connectivity index (χ1n) is 4.71. The molecule has 15 heavy (non-hydrogen) atoms. The van der Waals surface area contributed by atoms with Crippen molar-refractivity contribution in [3.63, 3.8) is 0 Å². The normalized spacial score (nSPS) is 12.2. The van der Waals surface area contributed by atoms with Gasteiger partial charge in [0.25, 0.3) is 0 Å². The molecule has 0 saturated heterocycles. The molecular formula is C10H14ClN3O. The highest BCUT2D eigenvalue weighted by molar-refractivity contribution is 6.35. The van der Waals surface area contributed by atoms with Gasteiger partial charge in [0.05, 0.1) is 6.10 Å². The van der Waals surface area contributed by atoms with E-state index < -0.39 is 0 Å². The van der Waals surface area contributed by atoms with Crippen molar-refractivity contribution in [2.24, 2.45) is 5.73 Å². The second-order valence-corrected chi connectivity index (χ2v) is 3.61. The van der Waals surface area contributed by atoms with Crippen LogP contribution in [0.25, 0.3) is 0 Å². The van der Waals surface area contributed by atoms with E-state index >= 15 is 0 Å². The maximum Gasteiger partial charge on any atom is 0.233 e. The average molecular weight is 228 g/mol. The van der Waals surface area contributed by atoms with Crippen LogP contribution in [0, 0.1) is 5.41 Å². The molecule has 5 heteroatoms. The molecule has 0 aromatic carbocycles. The van der Waals surface area contributed by atoms with Crippen LogP contribution in [-0.2, 0) is 0 Å². The molecule has 82 valence electrons. The zero-order valence-electron chi connectivity index (χ0n) is 8.75. The van der Waals surface area contributed by atoms with Crippen LogP contribution in [-0.4, -0.2) is 16.9 Å². The summed E-state index contributed by atoms with van der Waals surface area (Å²) in [5.74, 6) is 0.245. The molecule has 4 nitrogen and oxygen atoms in total. The van der Waals surface area contributed by atoms with Gasteiger partial charge in [-0.3, -0.25) is 5.41 Å². The summed E-state index contributed by atoms with van der Waals surface area (Å²) in [6, 6.07) is 1.59. The summed E-state index contributed by atoms with van der Waals surface area (Å²) in [5, 5.41) is 7.61. The predicted octanol–water partition coefficient (Wildman–Crippen LogP) is 2.20. The number of hydrogen-bond acceptors (Lipinski definition) is 3. The van der Waals surface area contributed by atoms with Crippen LogP contribution >= 0.6 is 11.6 Å². The van der Waals surface area contributed by atoms with Gasteiger partial charge in [-0.25, -0.2) is 4.98 Å². The number of nitrogens with two attached hydrogens (primary N) is 1. The maximum atomic E-state index is 7.31. The quantitative estimate of drug-likeness (QED) is 0.612. The number of aromatic nitrogens is 1. The monoisotopic (exact) mass is 227 g/mol. The standard InChI is InChI=1S/C10H14ClN3O/c1-3-6(2)15-10-8(11)7(9(12)13)4-5-14-10/h4-6H,3H2,1-2H3,(H3,12,13). The van der Waals surface area contributed by atoms with Gasteiger partial charge in [-0.15, -0.1) is 0 Å². The largest absolute Gasteiger partial charge is 0.474 e. The molecular weight excluding hydrogens is 214 g/mol. The lowest BCUT2D eigenvalue weighted by molar-refractivity contribution is 0.209. The maximum absolute atomic E-state index is 7.31. The Labute approximate surface area is 93.9 Å². The molecule has 0 aliphatic carbocycles. The molecule has 1 aromatic rings. The first-order valence-corrected chi connectivity index (χ1v) is 5.09. The highest BCUT2D eigenvalue weighted by Crippen LogP contribution is 2.26. The number of nitrogens with one attached hydrogen (secondary N) is 1. The smallest absolute Gasteiger partial charge is 0.233 e. The van der Waals surface area contributed by atoms with E-state index in [9.17, 15) is 0 Å². The topological polar surface area (TPSA) is 72.0 Å². The van der Waals surface area contributed by atoms with Gasteiger partial charge in [-0.1, -0.05) is 18.5 Å². The summed E-state index contributed by atoms with van der Waals surface area (Å²) in [5.41, 5.74) is 5.81. The average Bonchev–Trinajstić information content (AvgIpc) is 2.20. The molecule has 1 unspecified atom stereocenters. The molecule has 1 atom stereocenters. The molecule has 1 aromatic heterocycles. The number of hydrogen-bond donors (Lipinski definition) is 2. The van der Waals surface area contributed by atoms with Crippen molar-refractivity contribution in [2.45, 2.75) is 26.4 Å². The van der Waals surface area contributed by atoms with E-state index in [4.69, 9.17) is 27.5 Å². The van der Waals surface area contributed by atoms with Crippen LogP contribution in [0.15, 0.2) is 12.3 Å². The van der Waals surface area contributed by atoms with Crippen LogP contribution in [0.5, 0.6) is 5.88 Å². The predicted molar refractivity (Wildman–Crippen MR) is 60.6 cm³/mol. The van der Waals surface area contributed by atoms with Gasteiger partial charge in [0.15, 0.2) is 0 Å². The number of pyridine rings is 1. The van der Waals surface area contributed by atoms with Crippen LogP contribution in [0.4, 0.5) is 0 Å². The second-order valence-electron chi connectivity index (χ2n) is 3.23. The number of amidine groups is 1. The third-order valence-corrected chi connectivity index (χ3v) is 2.40. The lowest BCUT2D eigenvalue weighted by atomic mass is 10.2. The molecule has 3 N–H and O–H groups in total. The van der Waals surface area contributed by atoms with E-state index in [1.807, 2.05) is 13.8 Å². The summed E-state index contributed by atoms with van der Waals surface area (Å²) in [6.07, 6.45) is 2.43. The van der Waals surface area contributed by atoms with E-state index in [1.165, 1.54) is 6.20 Å². The highest BCUT2D eigenvalue weighted by Gasteiger charge is 2.12. The minimum absolute atomic E-state index is 0.0391. The molecule has 0 radical (unpaired) electrons. The lowest BCUT2D eigenvalue weighted by Gasteiger charge is -2.13. The van der Waals surface area contributed by atoms with Crippen molar-refractivity contribution in [1.82, 2.24) is 4.98 Å². The fourth-order valence-electron chi connectivity index (χ4n) is 0.989. The molecule has 0 saturated carbocycles. The van der Waals surface area contributed by atoms with Gasteiger partial charge in [0, 0.05) is 11.8 Å². The Balaban J connectivity index is 2.99. The van der Waals surface area contributed by atoms with Gasteiger partial charge >= 0.3 is 0 Å². The summed E-state index contributed by atoms with van der Waals surface area (Å²) in [4.78, 5) is 4.00. The molecule has 0 aliphatic rings. The van der Waals surface area contributed by atoms with E-state index in [0.717, 1.165) is 6.42 Å². The van der Waals surface area contributed by atoms with Crippen LogP contribution < -0.4 is 10.5 Å². The van der Waals surface area contributed by atoms with E-state index in [1.54, 1.807) is 6.07 Å². The first-order chi connectivity index (χ1) is 7.06. The Bertz CT molecular complexity index is 368. The minimum atomic E-state index is -0.0867. The number of nitrogen functional groups attached to an aromatic ring is 1. The third kappa shape index (κ3) is 2.83. The highest BCUT2D eigenvalue weighted by atomic mass is 35.5. The Morgan fingerprint density at radius 2 is 2.40 bits per heavy atom. The van der Waals surface area contributed by atoms with Crippen molar-refractivity contribution >= 4 is 17.4 Å². The Hall–Kier alpha value is -1.29. The van der Waals surface area contributed by atoms with Crippen molar-refractivity contribution in [2.75, 3.05) is 0 Å². The van der Waals surface area contributed by atoms with Gasteiger partial charge in [-0.2, -0.15) is 0 Å². The SMILES string of the molecule is CCC(C)Oc1nccc(C(=N)N)c1Cl. The Morgan fingerprint density at radius 1 is 1.73 bits per heavy atom. The number of ether oxygens (including phenoxy) is 1. The molecule has 0 fully saturated rings. The molecule has 1 rings (SSSR count). The van der Waals surface area contributed by atoms with E-state index in [-0.39, 0.29) is 11.9 Å². The van der Waals surface area contributed by atoms with Crippen LogP contribution in [0.3, 0.4) is 0 Å². The minimum Gasteiger partial charge on any atom is -0.474 e. The van der Waals surface area contributed by atoms with Gasteiger partial charge in [-0.05, 0) is 19.4 Å². The summed E-state index contributed by atoms with van der Waals surface area (Å²) < 4.78 is 5.49. The summed E-state index contributed by atoms with van der Waals surface area (Å²) in [7, 11) is 0. The molecule has 0 amide bonds. The van der Waals surface area contributed by atoms with Crippen molar-refractivity contribution in [3.8, 4) is 5.88 Å². The Kier molecular flexibility index (Phi) is 3.91. The molecule has 1 heterocycles. The number of halogens is 1.